The van der Waals surface area contributed by atoms with Crippen molar-refractivity contribution in [1.29, 1.82) is 0 Å². The van der Waals surface area contributed by atoms with Crippen LogP contribution in [0, 0.1) is 6.92 Å². The fourth-order valence-electron chi connectivity index (χ4n) is 2.34. The van der Waals surface area contributed by atoms with Gasteiger partial charge in [0.2, 0.25) is 0 Å². The zero-order valence-electron chi connectivity index (χ0n) is 13.8. The lowest BCUT2D eigenvalue weighted by Crippen LogP contribution is -2.13. The fourth-order valence-corrected chi connectivity index (χ4v) is 2.52. The number of pyridine rings is 1. The van der Waals surface area contributed by atoms with E-state index in [0.717, 1.165) is 11.4 Å². The number of rotatable bonds is 5. The first-order valence-corrected chi connectivity index (χ1v) is 8.31. The Balaban J connectivity index is 1.63. The van der Waals surface area contributed by atoms with Crippen molar-refractivity contribution < 1.29 is 4.79 Å². The van der Waals surface area contributed by atoms with Gasteiger partial charge in [0.05, 0.1) is 5.56 Å². The number of hydrogen-bond donors (Lipinski definition) is 2. The van der Waals surface area contributed by atoms with Gasteiger partial charge in [-0.05, 0) is 42.3 Å². The molecule has 0 atom stereocenters. The Kier molecular flexibility index (Phi) is 5.31. The van der Waals surface area contributed by atoms with E-state index in [1.807, 2.05) is 43.3 Å². The van der Waals surface area contributed by atoms with Crippen LogP contribution in [0.15, 0.2) is 66.9 Å². The Morgan fingerprint density at radius 1 is 1.08 bits per heavy atom. The molecule has 126 valence electrons. The molecule has 25 heavy (non-hydrogen) atoms. The molecular formula is C20H18ClN3O. The summed E-state index contributed by atoms with van der Waals surface area (Å²) in [5.74, 6) is 0.506. The molecule has 0 aliphatic carbocycles. The maximum atomic E-state index is 12.4. The first-order chi connectivity index (χ1) is 12.1. The molecule has 2 N–H and O–H groups in total. The molecule has 2 aromatic carbocycles. The number of carbonyl (C=O) groups excluding carboxylic acids is 1. The summed E-state index contributed by atoms with van der Waals surface area (Å²) in [7, 11) is 0. The second kappa shape index (κ2) is 7.81. The van der Waals surface area contributed by atoms with Crippen LogP contribution < -0.4 is 10.6 Å². The molecule has 0 fully saturated rings. The van der Waals surface area contributed by atoms with Crippen LogP contribution in [0.5, 0.6) is 0 Å². The third-order valence-electron chi connectivity index (χ3n) is 3.79. The Bertz CT molecular complexity index is 864. The normalized spacial score (nSPS) is 10.3. The van der Waals surface area contributed by atoms with E-state index in [0.29, 0.717) is 22.8 Å². The summed E-state index contributed by atoms with van der Waals surface area (Å²) < 4.78 is 0. The van der Waals surface area contributed by atoms with Gasteiger partial charge in [0.25, 0.3) is 5.91 Å². The van der Waals surface area contributed by atoms with Gasteiger partial charge in [-0.25, -0.2) is 4.98 Å². The van der Waals surface area contributed by atoms with Crippen molar-refractivity contribution in [2.24, 2.45) is 0 Å². The molecule has 0 radical (unpaired) electrons. The van der Waals surface area contributed by atoms with Gasteiger partial charge in [0.15, 0.2) is 0 Å². The Morgan fingerprint density at radius 3 is 2.60 bits per heavy atom. The van der Waals surface area contributed by atoms with Gasteiger partial charge in [0, 0.05) is 23.5 Å². The van der Waals surface area contributed by atoms with Gasteiger partial charge in [-0.2, -0.15) is 0 Å². The van der Waals surface area contributed by atoms with Gasteiger partial charge in [-0.1, -0.05) is 48.0 Å². The zero-order valence-corrected chi connectivity index (χ0v) is 14.5. The molecular weight excluding hydrogens is 334 g/mol. The molecule has 0 unspecified atom stereocenters. The van der Waals surface area contributed by atoms with Crippen LogP contribution in [0.3, 0.4) is 0 Å². The number of benzene rings is 2. The molecule has 0 saturated carbocycles. The lowest BCUT2D eigenvalue weighted by molar-refractivity contribution is 0.102. The average Bonchev–Trinajstić information content (AvgIpc) is 2.64. The molecule has 3 aromatic rings. The monoisotopic (exact) mass is 351 g/mol. The van der Waals surface area contributed by atoms with Crippen LogP contribution in [-0.4, -0.2) is 10.9 Å². The van der Waals surface area contributed by atoms with Crippen LogP contribution >= 0.6 is 11.6 Å². The summed E-state index contributed by atoms with van der Waals surface area (Å²) in [6.07, 6.45) is 1.56. The highest BCUT2D eigenvalue weighted by Gasteiger charge is 2.09. The number of aromatic nitrogens is 1. The third kappa shape index (κ3) is 4.58. The maximum absolute atomic E-state index is 12.4. The van der Waals surface area contributed by atoms with Crippen molar-refractivity contribution in [3.8, 4) is 0 Å². The summed E-state index contributed by atoms with van der Waals surface area (Å²) in [4.78, 5) is 16.7. The lowest BCUT2D eigenvalue weighted by Gasteiger charge is -2.10. The molecule has 0 bridgehead atoms. The number of halogens is 1. The third-order valence-corrected chi connectivity index (χ3v) is 4.03. The molecule has 3 rings (SSSR count). The van der Waals surface area contributed by atoms with Gasteiger partial charge in [0.1, 0.15) is 5.82 Å². The number of nitrogens with zero attached hydrogens (tertiary/aromatic N) is 1. The number of anilines is 2. The van der Waals surface area contributed by atoms with Crippen molar-refractivity contribution >= 4 is 29.0 Å². The second-order valence-electron chi connectivity index (χ2n) is 5.68. The van der Waals surface area contributed by atoms with Crippen LogP contribution in [0.1, 0.15) is 21.5 Å². The highest BCUT2D eigenvalue weighted by molar-refractivity contribution is 6.31. The predicted molar refractivity (Wildman–Crippen MR) is 102 cm³/mol. The van der Waals surface area contributed by atoms with E-state index >= 15 is 0 Å². The molecule has 1 heterocycles. The minimum atomic E-state index is -0.215. The topological polar surface area (TPSA) is 54.0 Å². The molecule has 0 saturated heterocycles. The molecule has 1 aromatic heterocycles. The summed E-state index contributed by atoms with van der Waals surface area (Å²) >= 11 is 5.98. The van der Waals surface area contributed by atoms with Crippen molar-refractivity contribution in [3.05, 3.63) is 88.6 Å². The van der Waals surface area contributed by atoms with Gasteiger partial charge in [-0.15, -0.1) is 0 Å². The highest BCUT2D eigenvalue weighted by Crippen LogP contribution is 2.21. The van der Waals surface area contributed by atoms with E-state index in [1.54, 1.807) is 30.5 Å². The highest BCUT2D eigenvalue weighted by atomic mass is 35.5. The van der Waals surface area contributed by atoms with E-state index in [2.05, 4.69) is 15.6 Å². The number of nitrogens with one attached hydrogen (secondary N) is 2. The number of aryl methyl sites for hydroxylation is 1. The van der Waals surface area contributed by atoms with Crippen molar-refractivity contribution in [1.82, 2.24) is 4.98 Å². The minimum Gasteiger partial charge on any atom is -0.366 e. The molecule has 0 spiro atoms. The molecule has 1 amide bonds. The number of amides is 1. The first-order valence-electron chi connectivity index (χ1n) is 7.93. The van der Waals surface area contributed by atoms with Crippen molar-refractivity contribution in [3.63, 3.8) is 0 Å². The van der Waals surface area contributed by atoms with Crippen LogP contribution in [0.2, 0.25) is 5.02 Å². The maximum Gasteiger partial charge on any atom is 0.257 e. The van der Waals surface area contributed by atoms with E-state index in [4.69, 9.17) is 11.6 Å². The summed E-state index contributed by atoms with van der Waals surface area (Å²) in [6.45, 7) is 2.60. The molecule has 5 heteroatoms. The zero-order chi connectivity index (χ0) is 17.6. The largest absolute Gasteiger partial charge is 0.366 e. The van der Waals surface area contributed by atoms with Crippen LogP contribution in [0.4, 0.5) is 11.5 Å². The van der Waals surface area contributed by atoms with Gasteiger partial charge >= 0.3 is 0 Å². The quantitative estimate of drug-likeness (QED) is 0.686. The van der Waals surface area contributed by atoms with E-state index < -0.39 is 0 Å². The van der Waals surface area contributed by atoms with E-state index in [9.17, 15) is 4.79 Å². The predicted octanol–water partition coefficient (Wildman–Crippen LogP) is 4.91. The Morgan fingerprint density at radius 2 is 1.88 bits per heavy atom. The van der Waals surface area contributed by atoms with Crippen LogP contribution in [-0.2, 0) is 6.54 Å². The smallest absolute Gasteiger partial charge is 0.257 e. The van der Waals surface area contributed by atoms with Crippen molar-refractivity contribution in [2.45, 2.75) is 13.5 Å². The average molecular weight is 352 g/mol. The summed E-state index contributed by atoms with van der Waals surface area (Å²) in [5, 5.41) is 6.68. The number of carbonyl (C=O) groups is 1. The van der Waals surface area contributed by atoms with E-state index in [-0.39, 0.29) is 5.91 Å². The molecule has 0 aliphatic rings. The van der Waals surface area contributed by atoms with Gasteiger partial charge in [-0.3, -0.25) is 4.79 Å². The second-order valence-corrected chi connectivity index (χ2v) is 6.12. The summed E-state index contributed by atoms with van der Waals surface area (Å²) in [5.41, 5.74) is 3.31. The lowest BCUT2D eigenvalue weighted by atomic mass is 10.2. The Hall–Kier alpha value is -2.85. The summed E-state index contributed by atoms with van der Waals surface area (Å²) in [6, 6.07) is 19.0. The van der Waals surface area contributed by atoms with E-state index in [1.165, 1.54) is 5.56 Å². The first kappa shape index (κ1) is 17.0. The fraction of sp³-hybridized carbons (Fsp3) is 0.100. The standard InChI is InChI=1S/C20H18ClN3O/c1-14-7-9-17(21)11-18(14)24-20(25)16-8-10-19(23-13-16)22-12-15-5-3-2-4-6-15/h2-11,13H,12H2,1H3,(H,22,23)(H,24,25). The van der Waals surface area contributed by atoms with Crippen molar-refractivity contribution in [2.75, 3.05) is 10.6 Å². The SMILES string of the molecule is Cc1ccc(Cl)cc1NC(=O)c1ccc(NCc2ccccc2)nc1. The van der Waals surface area contributed by atoms with Crippen LogP contribution in [0.25, 0.3) is 0 Å². The molecule has 4 nitrogen and oxygen atoms in total. The Labute approximate surface area is 151 Å². The minimum absolute atomic E-state index is 0.215. The number of hydrogen-bond acceptors (Lipinski definition) is 3. The molecule has 0 aliphatic heterocycles. The van der Waals surface area contributed by atoms with Gasteiger partial charge < -0.3 is 10.6 Å².